The Morgan fingerprint density at radius 3 is 2.44 bits per heavy atom. The van der Waals surface area contributed by atoms with Crippen molar-refractivity contribution >= 4 is 5.97 Å². The third kappa shape index (κ3) is 3.14. The first-order valence-corrected chi connectivity index (χ1v) is 5.09. The molecule has 0 aliphatic heterocycles. The van der Waals surface area contributed by atoms with Gasteiger partial charge in [0.2, 0.25) is 0 Å². The maximum atomic E-state index is 13.6. The van der Waals surface area contributed by atoms with Crippen LogP contribution < -0.4 is 0 Å². The molecule has 0 N–H and O–H groups in total. The van der Waals surface area contributed by atoms with Crippen LogP contribution in [0.3, 0.4) is 0 Å². The first kappa shape index (κ1) is 13.8. The number of ether oxygens (including phenoxy) is 1. The molecule has 1 aromatic carbocycles. The van der Waals surface area contributed by atoms with E-state index in [-0.39, 0.29) is 5.56 Å². The van der Waals surface area contributed by atoms with Gasteiger partial charge in [-0.15, -0.1) is 0 Å². The van der Waals surface area contributed by atoms with E-state index in [9.17, 15) is 13.6 Å². The summed E-state index contributed by atoms with van der Waals surface area (Å²) in [5.74, 6) is -4.19. The fourth-order valence-electron chi connectivity index (χ4n) is 1.37. The zero-order valence-electron chi connectivity index (χ0n) is 9.69. The van der Waals surface area contributed by atoms with Gasteiger partial charge in [0.05, 0.1) is 11.6 Å². The van der Waals surface area contributed by atoms with E-state index in [1.807, 2.05) is 6.07 Å². The first-order valence-electron chi connectivity index (χ1n) is 5.09. The van der Waals surface area contributed by atoms with Crippen LogP contribution in [0.15, 0.2) is 36.9 Å². The second-order valence-electron chi connectivity index (χ2n) is 3.60. The number of halogens is 2. The average molecular weight is 251 g/mol. The van der Waals surface area contributed by atoms with Crippen LogP contribution in [0.25, 0.3) is 0 Å². The molecule has 0 fully saturated rings. The molecule has 0 aromatic heterocycles. The molecule has 0 unspecified atom stereocenters. The van der Waals surface area contributed by atoms with E-state index in [0.717, 1.165) is 6.92 Å². The molecule has 3 nitrogen and oxygen atoms in total. The summed E-state index contributed by atoms with van der Waals surface area (Å²) in [6.07, 6.45) is -1.31. The summed E-state index contributed by atoms with van der Waals surface area (Å²) < 4.78 is 31.8. The van der Waals surface area contributed by atoms with Gasteiger partial charge in [-0.1, -0.05) is 18.7 Å². The van der Waals surface area contributed by atoms with E-state index < -0.39 is 18.0 Å². The number of nitriles is 1. The van der Waals surface area contributed by atoms with Crippen molar-refractivity contribution in [3.63, 3.8) is 0 Å². The lowest BCUT2D eigenvalue weighted by atomic mass is 10.0. The Kier molecular flexibility index (Phi) is 4.16. The molecule has 0 aliphatic carbocycles. The minimum Gasteiger partial charge on any atom is -0.451 e. The van der Waals surface area contributed by atoms with E-state index in [2.05, 4.69) is 11.3 Å². The van der Waals surface area contributed by atoms with Crippen LogP contribution in [-0.2, 0) is 9.53 Å². The van der Waals surface area contributed by atoms with E-state index >= 15 is 0 Å². The van der Waals surface area contributed by atoms with Crippen molar-refractivity contribution in [1.82, 2.24) is 0 Å². The summed E-state index contributed by atoms with van der Waals surface area (Å²) in [5.41, 5.74) is 0.441. The smallest absolute Gasteiger partial charge is 0.306 e. The molecule has 0 saturated heterocycles. The fraction of sp³-hybridized carbons (Fsp3) is 0.231. The van der Waals surface area contributed by atoms with Gasteiger partial charge in [-0.25, -0.2) is 0 Å². The van der Waals surface area contributed by atoms with Crippen LogP contribution in [0.1, 0.15) is 24.2 Å². The van der Waals surface area contributed by atoms with Crippen molar-refractivity contribution in [1.29, 1.82) is 5.26 Å². The molecule has 94 valence electrons. The van der Waals surface area contributed by atoms with Crippen LogP contribution in [0, 0.1) is 11.3 Å². The molecule has 1 atom stereocenters. The Hall–Kier alpha value is -2.22. The second-order valence-corrected chi connectivity index (χ2v) is 3.60. The highest BCUT2D eigenvalue weighted by Gasteiger charge is 2.40. The number of carbonyl (C=O) groups excluding carboxylic acids is 1. The predicted molar refractivity (Wildman–Crippen MR) is 60.8 cm³/mol. The molecule has 18 heavy (non-hydrogen) atoms. The molecule has 0 heterocycles. The Balaban J connectivity index is 3.13. The summed E-state index contributed by atoms with van der Waals surface area (Å²) in [5, 5.41) is 8.62. The second kappa shape index (κ2) is 5.41. The lowest BCUT2D eigenvalue weighted by molar-refractivity contribution is -0.164. The van der Waals surface area contributed by atoms with Gasteiger partial charge in [0.15, 0.2) is 6.10 Å². The van der Waals surface area contributed by atoms with Crippen molar-refractivity contribution in [3.8, 4) is 6.07 Å². The van der Waals surface area contributed by atoms with Crippen molar-refractivity contribution in [2.75, 3.05) is 0 Å². The van der Waals surface area contributed by atoms with Gasteiger partial charge in [-0.2, -0.15) is 14.0 Å². The molecular formula is C13H11F2NO2. The Bertz CT molecular complexity index is 489. The molecule has 1 aromatic rings. The summed E-state index contributed by atoms with van der Waals surface area (Å²) in [6, 6.07) is 7.28. The Morgan fingerprint density at radius 2 is 2.06 bits per heavy atom. The highest BCUT2D eigenvalue weighted by Crippen LogP contribution is 2.35. The van der Waals surface area contributed by atoms with Gasteiger partial charge in [0, 0.05) is 6.92 Å². The van der Waals surface area contributed by atoms with Crippen molar-refractivity contribution < 1.29 is 18.3 Å². The van der Waals surface area contributed by atoms with Gasteiger partial charge in [-0.3, -0.25) is 4.79 Å². The van der Waals surface area contributed by atoms with Gasteiger partial charge in [0.1, 0.15) is 0 Å². The van der Waals surface area contributed by atoms with Crippen LogP contribution in [0.5, 0.6) is 0 Å². The van der Waals surface area contributed by atoms with Gasteiger partial charge in [-0.05, 0) is 23.8 Å². The largest absolute Gasteiger partial charge is 0.451 e. The van der Waals surface area contributed by atoms with Crippen LogP contribution in [-0.4, -0.2) is 11.9 Å². The third-order valence-electron chi connectivity index (χ3n) is 2.25. The quantitative estimate of drug-likeness (QED) is 0.610. The molecule has 1 rings (SSSR count). The van der Waals surface area contributed by atoms with E-state index in [1.165, 1.54) is 24.3 Å². The zero-order valence-corrected chi connectivity index (χ0v) is 9.69. The summed E-state index contributed by atoms with van der Waals surface area (Å²) in [6.45, 7) is 4.08. The van der Waals surface area contributed by atoms with Gasteiger partial charge >= 0.3 is 11.9 Å². The minimum absolute atomic E-state index is 0.106. The predicted octanol–water partition coefficient (Wildman–Crippen LogP) is 2.98. The standard InChI is InChI=1S/C13H11F2NO2/c1-3-13(14,15)12(18-9(2)17)11-6-4-10(8-16)5-7-11/h3-7,12H,1H2,2H3/t12-/m0/s1. The van der Waals surface area contributed by atoms with Crippen LogP contribution in [0.4, 0.5) is 8.78 Å². The van der Waals surface area contributed by atoms with E-state index in [4.69, 9.17) is 5.26 Å². The van der Waals surface area contributed by atoms with Crippen molar-refractivity contribution in [3.05, 3.63) is 48.0 Å². The van der Waals surface area contributed by atoms with Gasteiger partial charge in [0.25, 0.3) is 0 Å². The number of hydrogen-bond acceptors (Lipinski definition) is 3. The van der Waals surface area contributed by atoms with Crippen molar-refractivity contribution in [2.24, 2.45) is 0 Å². The topological polar surface area (TPSA) is 50.1 Å². The van der Waals surface area contributed by atoms with E-state index in [0.29, 0.717) is 11.6 Å². The molecule has 5 heteroatoms. The monoisotopic (exact) mass is 251 g/mol. The lowest BCUT2D eigenvalue weighted by Crippen LogP contribution is -2.27. The molecule has 0 spiro atoms. The lowest BCUT2D eigenvalue weighted by Gasteiger charge is -2.24. The molecular weight excluding hydrogens is 240 g/mol. The normalized spacial score (nSPS) is 12.3. The fourth-order valence-corrected chi connectivity index (χ4v) is 1.37. The number of benzene rings is 1. The number of esters is 1. The maximum Gasteiger partial charge on any atom is 0.306 e. The number of hydrogen-bond donors (Lipinski definition) is 0. The number of nitrogens with zero attached hydrogens (tertiary/aromatic N) is 1. The van der Waals surface area contributed by atoms with Gasteiger partial charge < -0.3 is 4.74 Å². The number of alkyl halides is 2. The van der Waals surface area contributed by atoms with E-state index in [1.54, 1.807) is 0 Å². The Morgan fingerprint density at radius 1 is 1.50 bits per heavy atom. The zero-order chi connectivity index (χ0) is 13.8. The Labute approximate surface area is 103 Å². The summed E-state index contributed by atoms with van der Waals surface area (Å²) in [4.78, 5) is 10.9. The molecule has 0 aliphatic rings. The molecule has 0 bridgehead atoms. The summed E-state index contributed by atoms with van der Waals surface area (Å²) >= 11 is 0. The maximum absolute atomic E-state index is 13.6. The molecule has 0 amide bonds. The van der Waals surface area contributed by atoms with Crippen LogP contribution in [0.2, 0.25) is 0 Å². The third-order valence-corrected chi connectivity index (χ3v) is 2.25. The molecule has 0 radical (unpaired) electrons. The highest BCUT2D eigenvalue weighted by molar-refractivity contribution is 5.66. The first-order chi connectivity index (χ1) is 8.40. The van der Waals surface area contributed by atoms with Crippen LogP contribution >= 0.6 is 0 Å². The minimum atomic E-state index is -3.38. The SMILES string of the molecule is C=CC(F)(F)[C@@H](OC(C)=O)c1ccc(C#N)cc1. The number of carbonyl (C=O) groups is 1. The highest BCUT2D eigenvalue weighted by atomic mass is 19.3. The molecule has 0 saturated carbocycles. The average Bonchev–Trinajstić information content (AvgIpc) is 2.36. The van der Waals surface area contributed by atoms with Crippen molar-refractivity contribution in [2.45, 2.75) is 19.0 Å². The number of rotatable bonds is 4. The summed E-state index contributed by atoms with van der Waals surface area (Å²) in [7, 11) is 0.